The van der Waals surface area contributed by atoms with E-state index in [2.05, 4.69) is 10.2 Å². The van der Waals surface area contributed by atoms with Gasteiger partial charge in [0, 0.05) is 0 Å². The highest BCUT2D eigenvalue weighted by molar-refractivity contribution is 7.71. The Morgan fingerprint density at radius 3 is 2.21 bits per heavy atom. The lowest BCUT2D eigenvalue weighted by Crippen LogP contribution is -2.23. The number of benzene rings is 3. The Kier molecular flexibility index (Phi) is 6.55. The fourth-order valence-electron chi connectivity index (χ4n) is 3.48. The third-order valence-electron chi connectivity index (χ3n) is 5.24. The number of aryl methyl sites for hydroxylation is 1. The molecule has 0 radical (unpaired) electrons. The van der Waals surface area contributed by atoms with Gasteiger partial charge in [0.15, 0.2) is 4.77 Å². The second-order valence-electron chi connectivity index (χ2n) is 7.29. The van der Waals surface area contributed by atoms with Crippen LogP contribution in [0.5, 0.6) is 17.4 Å². The summed E-state index contributed by atoms with van der Waals surface area (Å²) in [5.74, 6) is 0.699. The lowest BCUT2D eigenvalue weighted by molar-refractivity contribution is 0.414. The van der Waals surface area contributed by atoms with Crippen molar-refractivity contribution in [3.05, 3.63) is 93.5 Å². The van der Waals surface area contributed by atoms with Gasteiger partial charge in [0.25, 0.3) is 5.56 Å². The van der Waals surface area contributed by atoms with Crippen LogP contribution < -0.4 is 15.0 Å². The molecule has 0 amide bonds. The van der Waals surface area contributed by atoms with Gasteiger partial charge in [-0.25, -0.2) is 0 Å². The maximum absolute atomic E-state index is 13.5. The zero-order valence-electron chi connectivity index (χ0n) is 18.8. The van der Waals surface area contributed by atoms with Crippen molar-refractivity contribution in [3.8, 4) is 28.8 Å². The van der Waals surface area contributed by atoms with Crippen LogP contribution in [0.4, 0.5) is 11.4 Å². The molecule has 0 saturated carbocycles. The molecule has 0 spiro atoms. The van der Waals surface area contributed by atoms with Crippen LogP contribution in [0.2, 0.25) is 0 Å². The monoisotopic (exact) mass is 474 g/mol. The molecule has 8 nitrogen and oxygen atoms in total. The Morgan fingerprint density at radius 1 is 0.853 bits per heavy atom. The molecule has 3 aromatic carbocycles. The van der Waals surface area contributed by atoms with E-state index in [4.69, 9.17) is 21.7 Å². The van der Waals surface area contributed by atoms with Crippen LogP contribution in [0.25, 0.3) is 11.4 Å². The predicted molar refractivity (Wildman–Crippen MR) is 132 cm³/mol. The minimum atomic E-state index is -0.615. The average molecular weight is 475 g/mol. The fourth-order valence-corrected chi connectivity index (χ4v) is 3.85. The summed E-state index contributed by atoms with van der Waals surface area (Å²) in [6, 6.07) is 21.2. The normalized spacial score (nSPS) is 11.0. The van der Waals surface area contributed by atoms with Crippen molar-refractivity contribution < 1.29 is 14.6 Å². The molecular formula is C25H22N4O4S. The van der Waals surface area contributed by atoms with Crippen molar-refractivity contribution >= 4 is 23.6 Å². The third kappa shape index (κ3) is 4.20. The minimum Gasteiger partial charge on any atom is -0.497 e. The number of nitrogens with zero attached hydrogens (tertiary/aromatic N) is 4. The summed E-state index contributed by atoms with van der Waals surface area (Å²) in [4.78, 5) is 13.5. The van der Waals surface area contributed by atoms with Crippen molar-refractivity contribution in [2.75, 3.05) is 14.2 Å². The first-order valence-corrected chi connectivity index (χ1v) is 10.7. The summed E-state index contributed by atoms with van der Waals surface area (Å²) in [6.45, 7) is 1.88. The van der Waals surface area contributed by atoms with Crippen molar-refractivity contribution in [2.24, 2.45) is 10.2 Å². The lowest BCUT2D eigenvalue weighted by atomic mass is 10.2. The molecule has 0 atom stereocenters. The number of azo groups is 1. The molecule has 0 aliphatic rings. The Hall–Kier alpha value is -4.24. The highest BCUT2D eigenvalue weighted by atomic mass is 32.1. The summed E-state index contributed by atoms with van der Waals surface area (Å²) < 4.78 is 13.3. The van der Waals surface area contributed by atoms with E-state index in [1.165, 1.54) is 16.2 Å². The van der Waals surface area contributed by atoms with E-state index in [1.54, 1.807) is 61.7 Å². The first-order chi connectivity index (χ1) is 16.5. The average Bonchev–Trinajstić information content (AvgIpc) is 2.85. The Balaban J connectivity index is 2.02. The molecule has 9 heteroatoms. The van der Waals surface area contributed by atoms with Crippen LogP contribution in [0, 0.1) is 11.7 Å². The molecule has 4 rings (SSSR count). The summed E-state index contributed by atoms with van der Waals surface area (Å²) in [6.07, 6.45) is 0. The minimum absolute atomic E-state index is 0.0817. The Bertz CT molecular complexity index is 1490. The van der Waals surface area contributed by atoms with Gasteiger partial charge in [-0.3, -0.25) is 13.9 Å². The van der Waals surface area contributed by atoms with Gasteiger partial charge in [0.05, 0.1) is 25.6 Å². The molecule has 0 unspecified atom stereocenters. The molecule has 1 heterocycles. The van der Waals surface area contributed by atoms with Gasteiger partial charge < -0.3 is 14.6 Å². The molecule has 0 fully saturated rings. The Morgan fingerprint density at radius 2 is 1.53 bits per heavy atom. The zero-order valence-corrected chi connectivity index (χ0v) is 19.6. The highest BCUT2D eigenvalue weighted by Gasteiger charge is 2.20. The second kappa shape index (κ2) is 9.72. The summed E-state index contributed by atoms with van der Waals surface area (Å²) in [5, 5.41) is 19.5. The third-order valence-corrected chi connectivity index (χ3v) is 5.61. The van der Waals surface area contributed by atoms with E-state index >= 15 is 0 Å². The van der Waals surface area contributed by atoms with Crippen LogP contribution >= 0.6 is 12.2 Å². The zero-order chi connectivity index (χ0) is 24.2. The molecular weight excluding hydrogens is 452 g/mol. The van der Waals surface area contributed by atoms with Gasteiger partial charge in [-0.2, -0.15) is 0 Å². The van der Waals surface area contributed by atoms with Crippen LogP contribution in [0.15, 0.2) is 87.8 Å². The topological polar surface area (TPSA) is 90.3 Å². The number of para-hydroxylation sites is 2. The van der Waals surface area contributed by atoms with Crippen LogP contribution in [0.3, 0.4) is 0 Å². The molecule has 34 heavy (non-hydrogen) atoms. The summed E-state index contributed by atoms with van der Waals surface area (Å²) in [5.41, 5.74) is 1.48. The van der Waals surface area contributed by atoms with Gasteiger partial charge in [0.2, 0.25) is 11.6 Å². The van der Waals surface area contributed by atoms with E-state index in [9.17, 15) is 9.90 Å². The van der Waals surface area contributed by atoms with E-state index in [0.717, 1.165) is 5.56 Å². The first-order valence-electron chi connectivity index (χ1n) is 10.3. The number of ether oxygens (including phenoxy) is 2. The number of methoxy groups -OCH3 is 2. The lowest BCUT2D eigenvalue weighted by Gasteiger charge is -2.17. The van der Waals surface area contributed by atoms with Crippen molar-refractivity contribution in [3.63, 3.8) is 0 Å². The SMILES string of the molecule is COc1ccc(-n2c(=O)c(N=Nc3ccccc3OC)c(O)n(-c3ccccc3C)c2=S)cc1. The van der Waals surface area contributed by atoms with Crippen LogP contribution in [-0.2, 0) is 0 Å². The van der Waals surface area contributed by atoms with Gasteiger partial charge in [0.1, 0.15) is 17.2 Å². The number of hydrogen-bond acceptors (Lipinski definition) is 7. The molecule has 0 bridgehead atoms. The predicted octanol–water partition coefficient (Wildman–Crippen LogP) is 5.80. The van der Waals surface area contributed by atoms with Crippen molar-refractivity contribution in [1.29, 1.82) is 0 Å². The van der Waals surface area contributed by atoms with Crippen molar-refractivity contribution in [2.45, 2.75) is 6.92 Å². The molecule has 1 N–H and O–H groups in total. The number of rotatable bonds is 6. The number of hydrogen-bond donors (Lipinski definition) is 1. The van der Waals surface area contributed by atoms with Crippen molar-refractivity contribution in [1.82, 2.24) is 9.13 Å². The molecule has 1 aromatic heterocycles. The summed E-state index contributed by atoms with van der Waals surface area (Å²) in [7, 11) is 3.07. The molecule has 0 aliphatic carbocycles. The van der Waals surface area contributed by atoms with E-state index in [0.29, 0.717) is 28.6 Å². The molecule has 4 aromatic rings. The fraction of sp³-hybridized carbons (Fsp3) is 0.120. The van der Waals surface area contributed by atoms with E-state index < -0.39 is 11.4 Å². The van der Waals surface area contributed by atoms with Gasteiger partial charge in [-0.1, -0.05) is 30.3 Å². The maximum Gasteiger partial charge on any atom is 0.290 e. The quantitative estimate of drug-likeness (QED) is 0.282. The van der Waals surface area contributed by atoms with Gasteiger partial charge in [-0.05, 0) is 67.2 Å². The molecule has 172 valence electrons. The maximum atomic E-state index is 13.5. The van der Waals surface area contributed by atoms with Crippen LogP contribution in [0.1, 0.15) is 5.56 Å². The van der Waals surface area contributed by atoms with Crippen LogP contribution in [-0.4, -0.2) is 28.5 Å². The van der Waals surface area contributed by atoms with Gasteiger partial charge in [-0.15, -0.1) is 10.2 Å². The Labute approximate surface area is 201 Å². The van der Waals surface area contributed by atoms with Gasteiger partial charge >= 0.3 is 0 Å². The highest BCUT2D eigenvalue weighted by Crippen LogP contribution is 2.32. The number of aromatic nitrogens is 2. The molecule has 0 saturated heterocycles. The van der Waals surface area contributed by atoms with E-state index in [1.807, 2.05) is 25.1 Å². The molecule has 0 aliphatic heterocycles. The standard InChI is InChI=1S/C25H22N4O4S/c1-16-8-4-6-10-20(16)29-24(31)22(27-26-19-9-5-7-11-21(19)33-3)23(30)28(25(29)34)17-12-14-18(32-2)15-13-17/h4-15,31H,1-3H3. The first kappa shape index (κ1) is 22.9. The largest absolute Gasteiger partial charge is 0.497 e. The second-order valence-corrected chi connectivity index (χ2v) is 7.65. The van der Waals surface area contributed by atoms with E-state index in [-0.39, 0.29) is 10.5 Å². The smallest absolute Gasteiger partial charge is 0.290 e. The number of aromatic hydroxyl groups is 1. The summed E-state index contributed by atoms with van der Waals surface area (Å²) >= 11 is 5.67.